The minimum atomic E-state index is -1.87. The van der Waals surface area contributed by atoms with E-state index in [1.54, 1.807) is 24.3 Å². The molecule has 6 heteroatoms. The second kappa shape index (κ2) is 5.32. The molecule has 1 atom stereocenters. The van der Waals surface area contributed by atoms with Crippen LogP contribution in [0.15, 0.2) is 30.3 Å². The van der Waals surface area contributed by atoms with Crippen molar-refractivity contribution in [3.63, 3.8) is 0 Å². The Hall–Kier alpha value is -2.86. The van der Waals surface area contributed by atoms with Crippen molar-refractivity contribution in [3.05, 3.63) is 52.6 Å². The van der Waals surface area contributed by atoms with Gasteiger partial charge in [-0.2, -0.15) is 0 Å². The Kier molecular flexibility index (Phi) is 3.33. The lowest BCUT2D eigenvalue weighted by atomic mass is 9.86. The molecule has 0 aromatic heterocycles. The molecular weight excluding hydrogens is 322 g/mol. The zero-order valence-corrected chi connectivity index (χ0v) is 13.9. The molecule has 2 aromatic carbocycles. The molecule has 2 aromatic rings. The Morgan fingerprint density at radius 1 is 1.20 bits per heavy atom. The quantitative estimate of drug-likeness (QED) is 0.839. The van der Waals surface area contributed by atoms with Crippen LogP contribution in [0, 0.1) is 13.8 Å². The molecule has 0 bridgehead atoms. The maximum atomic E-state index is 12.7. The van der Waals surface area contributed by atoms with Crippen LogP contribution in [0.2, 0.25) is 0 Å². The van der Waals surface area contributed by atoms with Crippen LogP contribution in [0.1, 0.15) is 33.5 Å². The first-order chi connectivity index (χ1) is 11.9. The van der Waals surface area contributed by atoms with Crippen LogP contribution in [0.25, 0.3) is 0 Å². The third kappa shape index (κ3) is 2.29. The first-order valence-electron chi connectivity index (χ1n) is 7.97. The van der Waals surface area contributed by atoms with Gasteiger partial charge in [0, 0.05) is 11.1 Å². The van der Waals surface area contributed by atoms with E-state index < -0.39 is 11.5 Å². The van der Waals surface area contributed by atoms with Crippen LogP contribution >= 0.6 is 0 Å². The van der Waals surface area contributed by atoms with Crippen molar-refractivity contribution in [1.29, 1.82) is 0 Å². The van der Waals surface area contributed by atoms with Crippen LogP contribution < -0.4 is 14.8 Å². The molecule has 4 rings (SSSR count). The van der Waals surface area contributed by atoms with Crippen LogP contribution in [-0.2, 0) is 10.4 Å². The van der Waals surface area contributed by atoms with Gasteiger partial charge >= 0.3 is 0 Å². The Morgan fingerprint density at radius 2 is 1.96 bits per heavy atom. The number of ketones is 1. The van der Waals surface area contributed by atoms with Crippen molar-refractivity contribution in [2.75, 3.05) is 12.1 Å². The SMILES string of the molecule is Cc1ccc2c(c1C)NC(=O)[C@]2(O)CC(=O)c1ccc2c(c1)OCO2. The molecule has 0 saturated carbocycles. The lowest BCUT2D eigenvalue weighted by Gasteiger charge is -2.20. The molecule has 0 saturated heterocycles. The highest BCUT2D eigenvalue weighted by atomic mass is 16.7. The predicted octanol–water partition coefficient (Wildman–Crippen LogP) is 2.44. The number of rotatable bonds is 3. The van der Waals surface area contributed by atoms with E-state index in [0.717, 1.165) is 11.1 Å². The van der Waals surface area contributed by atoms with Crippen LogP contribution in [0.5, 0.6) is 11.5 Å². The minimum absolute atomic E-state index is 0.116. The molecule has 1 amide bonds. The number of hydrogen-bond donors (Lipinski definition) is 2. The van der Waals surface area contributed by atoms with Crippen LogP contribution in [0.3, 0.4) is 0 Å². The molecule has 2 aliphatic rings. The van der Waals surface area contributed by atoms with E-state index in [0.29, 0.717) is 28.3 Å². The largest absolute Gasteiger partial charge is 0.454 e. The van der Waals surface area contributed by atoms with Gasteiger partial charge in [-0.1, -0.05) is 12.1 Å². The normalized spacial score (nSPS) is 20.4. The number of aryl methyl sites for hydroxylation is 1. The molecule has 0 radical (unpaired) electrons. The molecule has 0 aliphatic carbocycles. The maximum absolute atomic E-state index is 12.7. The molecule has 0 fully saturated rings. The minimum Gasteiger partial charge on any atom is -0.454 e. The number of benzene rings is 2. The van der Waals surface area contributed by atoms with Gasteiger partial charge in [-0.3, -0.25) is 9.59 Å². The fourth-order valence-electron chi connectivity index (χ4n) is 3.24. The van der Waals surface area contributed by atoms with Crippen molar-refractivity contribution in [3.8, 4) is 11.5 Å². The summed E-state index contributed by atoms with van der Waals surface area (Å²) in [7, 11) is 0. The topological polar surface area (TPSA) is 84.9 Å². The number of anilines is 1. The monoisotopic (exact) mass is 339 g/mol. The Labute approximate surface area is 144 Å². The summed E-state index contributed by atoms with van der Waals surface area (Å²) >= 11 is 0. The fraction of sp³-hybridized carbons (Fsp3) is 0.263. The molecule has 2 N–H and O–H groups in total. The highest BCUT2D eigenvalue weighted by molar-refractivity contribution is 6.10. The summed E-state index contributed by atoms with van der Waals surface area (Å²) in [5, 5.41) is 13.7. The lowest BCUT2D eigenvalue weighted by molar-refractivity contribution is -0.133. The third-order valence-electron chi connectivity index (χ3n) is 4.91. The van der Waals surface area contributed by atoms with Crippen molar-refractivity contribution in [2.24, 2.45) is 0 Å². The Morgan fingerprint density at radius 3 is 2.76 bits per heavy atom. The van der Waals surface area contributed by atoms with Gasteiger partial charge in [0.25, 0.3) is 5.91 Å². The summed E-state index contributed by atoms with van der Waals surface area (Å²) in [6.07, 6.45) is -0.339. The first kappa shape index (κ1) is 15.7. The van der Waals surface area contributed by atoms with E-state index in [2.05, 4.69) is 5.32 Å². The number of carbonyl (C=O) groups is 2. The molecule has 128 valence electrons. The highest BCUT2D eigenvalue weighted by Crippen LogP contribution is 2.42. The van der Waals surface area contributed by atoms with Gasteiger partial charge in [-0.05, 0) is 43.2 Å². The van der Waals surface area contributed by atoms with Gasteiger partial charge in [0.2, 0.25) is 6.79 Å². The third-order valence-corrected chi connectivity index (χ3v) is 4.91. The molecule has 0 spiro atoms. The van der Waals surface area contributed by atoms with Crippen molar-refractivity contribution >= 4 is 17.4 Å². The van der Waals surface area contributed by atoms with Gasteiger partial charge in [-0.25, -0.2) is 0 Å². The van der Waals surface area contributed by atoms with Gasteiger partial charge in [0.1, 0.15) is 0 Å². The standard InChI is InChI=1S/C19H17NO5/c1-10-3-5-13-17(11(10)2)20-18(22)19(13,23)8-14(21)12-4-6-15-16(7-12)25-9-24-15/h3-7,23H,8-9H2,1-2H3,(H,20,22)/t19-/m0/s1. The zero-order valence-electron chi connectivity index (χ0n) is 13.9. The number of Topliss-reactive ketones (excluding diaryl/α,β-unsaturated/α-hetero) is 1. The maximum Gasteiger partial charge on any atom is 0.261 e. The van der Waals surface area contributed by atoms with E-state index in [-0.39, 0.29) is 19.0 Å². The van der Waals surface area contributed by atoms with Crippen molar-refractivity contribution in [2.45, 2.75) is 25.9 Å². The summed E-state index contributed by atoms with van der Waals surface area (Å²) in [5.74, 6) is 0.137. The van der Waals surface area contributed by atoms with Crippen molar-refractivity contribution < 1.29 is 24.2 Å². The summed E-state index contributed by atoms with van der Waals surface area (Å²) in [6, 6.07) is 8.36. The van der Waals surface area contributed by atoms with Crippen molar-refractivity contribution in [1.82, 2.24) is 0 Å². The van der Waals surface area contributed by atoms with Gasteiger partial charge in [-0.15, -0.1) is 0 Å². The number of aliphatic hydroxyl groups is 1. The Bertz CT molecular complexity index is 920. The molecule has 2 aliphatic heterocycles. The van der Waals surface area contributed by atoms with E-state index in [4.69, 9.17) is 9.47 Å². The highest BCUT2D eigenvalue weighted by Gasteiger charge is 2.47. The van der Waals surface area contributed by atoms with E-state index in [9.17, 15) is 14.7 Å². The van der Waals surface area contributed by atoms with Crippen LogP contribution in [-0.4, -0.2) is 23.6 Å². The molecular formula is C19H17NO5. The van der Waals surface area contributed by atoms with Gasteiger partial charge in [0.05, 0.1) is 12.1 Å². The molecule has 25 heavy (non-hydrogen) atoms. The molecule has 6 nitrogen and oxygen atoms in total. The van der Waals surface area contributed by atoms with Gasteiger partial charge in [0.15, 0.2) is 22.9 Å². The Balaban J connectivity index is 1.68. The second-order valence-corrected chi connectivity index (χ2v) is 6.41. The summed E-state index contributed by atoms with van der Waals surface area (Å²) in [4.78, 5) is 25.1. The average molecular weight is 339 g/mol. The fourth-order valence-corrected chi connectivity index (χ4v) is 3.24. The smallest absolute Gasteiger partial charge is 0.261 e. The molecule has 0 unspecified atom stereocenters. The first-order valence-corrected chi connectivity index (χ1v) is 7.97. The summed E-state index contributed by atoms with van der Waals surface area (Å²) in [5.41, 5.74) is 1.41. The summed E-state index contributed by atoms with van der Waals surface area (Å²) in [6.45, 7) is 3.92. The summed E-state index contributed by atoms with van der Waals surface area (Å²) < 4.78 is 10.5. The lowest BCUT2D eigenvalue weighted by Crippen LogP contribution is -2.36. The van der Waals surface area contributed by atoms with E-state index >= 15 is 0 Å². The van der Waals surface area contributed by atoms with E-state index in [1.165, 1.54) is 0 Å². The number of nitrogens with one attached hydrogen (secondary N) is 1. The number of hydrogen-bond acceptors (Lipinski definition) is 5. The number of ether oxygens (including phenoxy) is 2. The second-order valence-electron chi connectivity index (χ2n) is 6.41. The molecule has 2 heterocycles. The predicted molar refractivity (Wildman–Crippen MR) is 90.0 cm³/mol. The zero-order chi connectivity index (χ0) is 17.8. The number of fused-ring (bicyclic) bond motifs is 2. The average Bonchev–Trinajstić information content (AvgIpc) is 3.14. The number of carbonyl (C=O) groups excluding carboxylic acids is 2. The van der Waals surface area contributed by atoms with Gasteiger partial charge < -0.3 is 19.9 Å². The number of amides is 1. The van der Waals surface area contributed by atoms with E-state index in [1.807, 2.05) is 19.9 Å². The van der Waals surface area contributed by atoms with Crippen LogP contribution in [0.4, 0.5) is 5.69 Å².